The van der Waals surface area contributed by atoms with Crippen LogP contribution in [0.2, 0.25) is 0 Å². The van der Waals surface area contributed by atoms with Crippen LogP contribution in [0.3, 0.4) is 0 Å². The predicted octanol–water partition coefficient (Wildman–Crippen LogP) is 1.34. The van der Waals surface area contributed by atoms with E-state index in [2.05, 4.69) is 11.2 Å². The van der Waals surface area contributed by atoms with Gasteiger partial charge < -0.3 is 11.1 Å². The van der Waals surface area contributed by atoms with Gasteiger partial charge in [0.2, 0.25) is 5.91 Å². The van der Waals surface area contributed by atoms with E-state index in [1.807, 2.05) is 24.3 Å². The number of anilines is 1. The fourth-order valence-electron chi connectivity index (χ4n) is 1.30. The Labute approximate surface area is 96.0 Å². The zero-order valence-corrected chi connectivity index (χ0v) is 9.20. The molecular weight excluding hydrogens is 200 g/mol. The Kier molecular flexibility index (Phi) is 4.94. The van der Waals surface area contributed by atoms with Crippen LogP contribution in [0.15, 0.2) is 24.3 Å². The summed E-state index contributed by atoms with van der Waals surface area (Å²) in [6, 6.07) is 7.55. The molecule has 0 aromatic heterocycles. The van der Waals surface area contributed by atoms with Gasteiger partial charge in [-0.25, -0.2) is 0 Å². The molecule has 0 saturated carbocycles. The van der Waals surface area contributed by atoms with Crippen molar-refractivity contribution in [3.63, 3.8) is 0 Å². The third-order valence-electron chi connectivity index (χ3n) is 2.21. The second-order valence-electron chi connectivity index (χ2n) is 3.55. The average molecular weight is 216 g/mol. The summed E-state index contributed by atoms with van der Waals surface area (Å²) in [5, 5.41) is 2.76. The number of benzene rings is 1. The zero-order chi connectivity index (χ0) is 11.8. The van der Waals surface area contributed by atoms with Crippen LogP contribution in [0.1, 0.15) is 18.4 Å². The van der Waals surface area contributed by atoms with Crippen LogP contribution in [-0.2, 0) is 11.2 Å². The zero-order valence-electron chi connectivity index (χ0n) is 9.20. The second kappa shape index (κ2) is 6.52. The molecular formula is C13H16N2O. The second-order valence-corrected chi connectivity index (χ2v) is 3.55. The first-order valence-corrected chi connectivity index (χ1v) is 5.27. The molecule has 3 nitrogen and oxygen atoms in total. The Balaban J connectivity index is 2.26. The topological polar surface area (TPSA) is 55.1 Å². The summed E-state index contributed by atoms with van der Waals surface area (Å²) < 4.78 is 0. The van der Waals surface area contributed by atoms with Crippen molar-refractivity contribution in [3.05, 3.63) is 29.8 Å². The number of hydrogen-bond acceptors (Lipinski definition) is 2. The number of terminal acetylenes is 1. The van der Waals surface area contributed by atoms with Gasteiger partial charge in [0.1, 0.15) is 0 Å². The highest BCUT2D eigenvalue weighted by atomic mass is 16.1. The minimum atomic E-state index is 0.0343. The van der Waals surface area contributed by atoms with Crippen molar-refractivity contribution in [2.24, 2.45) is 0 Å². The Hall–Kier alpha value is -1.95. The lowest BCUT2D eigenvalue weighted by Crippen LogP contribution is -2.24. The number of amides is 1. The number of nitrogen functional groups attached to an aromatic ring is 1. The molecule has 0 atom stereocenters. The maximum absolute atomic E-state index is 11.4. The lowest BCUT2D eigenvalue weighted by atomic mass is 10.1. The van der Waals surface area contributed by atoms with Crippen LogP contribution in [0.4, 0.5) is 5.69 Å². The maximum Gasteiger partial charge on any atom is 0.220 e. The van der Waals surface area contributed by atoms with Crippen molar-refractivity contribution < 1.29 is 4.79 Å². The molecule has 0 unspecified atom stereocenters. The van der Waals surface area contributed by atoms with E-state index in [9.17, 15) is 4.79 Å². The van der Waals surface area contributed by atoms with Crippen LogP contribution < -0.4 is 11.1 Å². The standard InChI is InChI=1S/C13H16N2O/c1-2-3-10-15-13(16)9-6-11-4-7-12(14)8-5-11/h1,4-5,7-8H,3,6,9-10,14H2,(H,15,16). The van der Waals surface area contributed by atoms with Gasteiger partial charge in [-0.1, -0.05) is 12.1 Å². The quantitative estimate of drug-likeness (QED) is 0.443. The molecule has 0 bridgehead atoms. The fourth-order valence-corrected chi connectivity index (χ4v) is 1.30. The number of aryl methyl sites for hydroxylation is 1. The number of carbonyl (C=O) groups excluding carboxylic acids is 1. The third-order valence-corrected chi connectivity index (χ3v) is 2.21. The van der Waals surface area contributed by atoms with E-state index >= 15 is 0 Å². The highest BCUT2D eigenvalue weighted by Gasteiger charge is 2.00. The first-order valence-electron chi connectivity index (χ1n) is 5.27. The van der Waals surface area contributed by atoms with Gasteiger partial charge in [-0.15, -0.1) is 12.3 Å². The smallest absolute Gasteiger partial charge is 0.220 e. The first-order chi connectivity index (χ1) is 7.72. The molecule has 1 amide bonds. The minimum absolute atomic E-state index is 0.0343. The highest BCUT2D eigenvalue weighted by Crippen LogP contribution is 2.07. The molecule has 0 fully saturated rings. The van der Waals surface area contributed by atoms with Gasteiger partial charge in [0.05, 0.1) is 0 Å². The van der Waals surface area contributed by atoms with Gasteiger partial charge in [0.25, 0.3) is 0 Å². The van der Waals surface area contributed by atoms with Gasteiger partial charge in [-0.05, 0) is 24.1 Å². The van der Waals surface area contributed by atoms with Crippen LogP contribution in [0.5, 0.6) is 0 Å². The van der Waals surface area contributed by atoms with Gasteiger partial charge in [-0.2, -0.15) is 0 Å². The van der Waals surface area contributed by atoms with Crippen molar-refractivity contribution in [1.29, 1.82) is 0 Å². The Bertz CT molecular complexity index is 376. The van der Waals surface area contributed by atoms with Gasteiger partial charge in [0, 0.05) is 25.1 Å². The molecule has 0 spiro atoms. The van der Waals surface area contributed by atoms with Gasteiger partial charge in [-0.3, -0.25) is 4.79 Å². The van der Waals surface area contributed by atoms with E-state index in [1.54, 1.807) is 0 Å². The summed E-state index contributed by atoms with van der Waals surface area (Å²) in [7, 11) is 0. The summed E-state index contributed by atoms with van der Waals surface area (Å²) in [6.45, 7) is 0.553. The van der Waals surface area contributed by atoms with Crippen LogP contribution >= 0.6 is 0 Å². The maximum atomic E-state index is 11.4. The van der Waals surface area contributed by atoms with Gasteiger partial charge in [0.15, 0.2) is 0 Å². The van der Waals surface area contributed by atoms with Crippen molar-refractivity contribution in [1.82, 2.24) is 5.32 Å². The largest absolute Gasteiger partial charge is 0.399 e. The van der Waals surface area contributed by atoms with Crippen molar-refractivity contribution >= 4 is 11.6 Å². The minimum Gasteiger partial charge on any atom is -0.399 e. The van der Waals surface area contributed by atoms with Crippen molar-refractivity contribution in [2.45, 2.75) is 19.3 Å². The number of rotatable bonds is 5. The Morgan fingerprint density at radius 2 is 2.06 bits per heavy atom. The summed E-state index contributed by atoms with van der Waals surface area (Å²) in [5.74, 6) is 2.51. The number of nitrogens with two attached hydrogens (primary N) is 1. The van der Waals surface area contributed by atoms with E-state index in [0.717, 1.165) is 17.7 Å². The fraction of sp³-hybridized carbons (Fsp3) is 0.308. The summed E-state index contributed by atoms with van der Waals surface area (Å²) in [6.07, 6.45) is 6.86. The molecule has 3 heteroatoms. The number of nitrogens with one attached hydrogen (secondary N) is 1. The summed E-state index contributed by atoms with van der Waals surface area (Å²) in [5.41, 5.74) is 7.42. The lowest BCUT2D eigenvalue weighted by molar-refractivity contribution is -0.121. The number of hydrogen-bond donors (Lipinski definition) is 2. The molecule has 0 saturated heterocycles. The molecule has 0 aliphatic rings. The lowest BCUT2D eigenvalue weighted by Gasteiger charge is -2.03. The SMILES string of the molecule is C#CCCNC(=O)CCc1ccc(N)cc1. The van der Waals surface area contributed by atoms with E-state index in [0.29, 0.717) is 19.4 Å². The molecule has 16 heavy (non-hydrogen) atoms. The van der Waals surface area contributed by atoms with Gasteiger partial charge >= 0.3 is 0 Å². The molecule has 0 radical (unpaired) electrons. The monoisotopic (exact) mass is 216 g/mol. The molecule has 1 aromatic rings. The Morgan fingerprint density at radius 1 is 1.38 bits per heavy atom. The van der Waals surface area contributed by atoms with E-state index in [1.165, 1.54) is 0 Å². The van der Waals surface area contributed by atoms with E-state index in [4.69, 9.17) is 12.2 Å². The number of carbonyl (C=O) groups is 1. The summed E-state index contributed by atoms with van der Waals surface area (Å²) in [4.78, 5) is 11.4. The average Bonchev–Trinajstić information content (AvgIpc) is 2.29. The Morgan fingerprint density at radius 3 is 2.69 bits per heavy atom. The molecule has 84 valence electrons. The molecule has 0 aliphatic heterocycles. The van der Waals surface area contributed by atoms with Crippen LogP contribution in [0.25, 0.3) is 0 Å². The first kappa shape index (κ1) is 12.1. The summed E-state index contributed by atoms with van der Waals surface area (Å²) >= 11 is 0. The highest BCUT2D eigenvalue weighted by molar-refractivity contribution is 5.76. The third kappa shape index (κ3) is 4.52. The van der Waals surface area contributed by atoms with Crippen LogP contribution in [-0.4, -0.2) is 12.5 Å². The van der Waals surface area contributed by atoms with E-state index < -0.39 is 0 Å². The molecule has 0 heterocycles. The normalized spacial score (nSPS) is 9.44. The molecule has 3 N–H and O–H groups in total. The molecule has 1 aromatic carbocycles. The van der Waals surface area contributed by atoms with E-state index in [-0.39, 0.29) is 5.91 Å². The predicted molar refractivity (Wildman–Crippen MR) is 65.6 cm³/mol. The van der Waals surface area contributed by atoms with Crippen LogP contribution in [0, 0.1) is 12.3 Å². The van der Waals surface area contributed by atoms with Crippen molar-refractivity contribution in [3.8, 4) is 12.3 Å². The molecule has 0 aliphatic carbocycles. The molecule has 1 rings (SSSR count). The van der Waals surface area contributed by atoms with Crippen molar-refractivity contribution in [2.75, 3.05) is 12.3 Å².